The molecule has 0 saturated carbocycles. The van der Waals surface area contributed by atoms with Gasteiger partial charge in [0.1, 0.15) is 19.5 Å². The summed E-state index contributed by atoms with van der Waals surface area (Å²) in [7, 11) is 1.52. The zero-order valence-electron chi connectivity index (χ0n) is 10.2. The van der Waals surface area contributed by atoms with E-state index in [9.17, 15) is 0 Å². The Bertz CT molecular complexity index is 492. The lowest BCUT2D eigenvalue weighted by Gasteiger charge is -2.06. The fourth-order valence-electron chi connectivity index (χ4n) is 1.50. The van der Waals surface area contributed by atoms with Crippen LogP contribution < -0.4 is 4.74 Å². The number of hydrogen-bond acceptors (Lipinski definition) is 3. The fraction of sp³-hybridized carbons (Fsp3) is 0.133. The van der Waals surface area contributed by atoms with Gasteiger partial charge in [0.05, 0.1) is 6.21 Å². The Morgan fingerprint density at radius 2 is 1.72 bits per heavy atom. The molecule has 2 aromatic carbocycles. The molecule has 0 atom stereocenters. The Morgan fingerprint density at radius 3 is 2.39 bits per heavy atom. The van der Waals surface area contributed by atoms with Crippen molar-refractivity contribution >= 4 is 6.21 Å². The Balaban J connectivity index is 1.92. The van der Waals surface area contributed by atoms with Gasteiger partial charge in [-0.3, -0.25) is 0 Å². The minimum Gasteiger partial charge on any atom is -0.489 e. The van der Waals surface area contributed by atoms with Crippen LogP contribution in [0, 0.1) is 0 Å². The van der Waals surface area contributed by atoms with Crippen molar-refractivity contribution in [3.8, 4) is 5.75 Å². The summed E-state index contributed by atoms with van der Waals surface area (Å²) in [6.45, 7) is 0.576. The van der Waals surface area contributed by atoms with Crippen LogP contribution >= 0.6 is 0 Å². The molecule has 0 radical (unpaired) electrons. The van der Waals surface area contributed by atoms with Gasteiger partial charge >= 0.3 is 0 Å². The second kappa shape index (κ2) is 6.45. The van der Waals surface area contributed by atoms with Gasteiger partial charge in [0.15, 0.2) is 0 Å². The van der Waals surface area contributed by atoms with E-state index in [1.807, 2.05) is 54.6 Å². The molecular formula is C15H15NO2. The van der Waals surface area contributed by atoms with Crippen molar-refractivity contribution < 1.29 is 9.57 Å². The van der Waals surface area contributed by atoms with Crippen LogP contribution in [-0.4, -0.2) is 13.3 Å². The van der Waals surface area contributed by atoms with Gasteiger partial charge in [0.25, 0.3) is 0 Å². The van der Waals surface area contributed by atoms with Gasteiger partial charge in [-0.1, -0.05) is 35.5 Å². The van der Waals surface area contributed by atoms with Gasteiger partial charge < -0.3 is 9.57 Å². The van der Waals surface area contributed by atoms with E-state index in [0.29, 0.717) is 6.61 Å². The highest BCUT2D eigenvalue weighted by Gasteiger charge is 1.95. The average molecular weight is 241 g/mol. The number of hydrogen-bond donors (Lipinski definition) is 0. The SMILES string of the molecule is CO/N=C\c1ccc(OCc2ccccc2)cc1. The summed E-state index contributed by atoms with van der Waals surface area (Å²) >= 11 is 0. The summed E-state index contributed by atoms with van der Waals surface area (Å²) < 4.78 is 5.68. The van der Waals surface area contributed by atoms with E-state index in [-0.39, 0.29) is 0 Å². The van der Waals surface area contributed by atoms with Crippen molar-refractivity contribution in [3.63, 3.8) is 0 Å². The van der Waals surface area contributed by atoms with Crippen molar-refractivity contribution in [1.82, 2.24) is 0 Å². The van der Waals surface area contributed by atoms with Crippen molar-refractivity contribution in [3.05, 3.63) is 65.7 Å². The molecule has 2 rings (SSSR count). The standard InChI is InChI=1S/C15H15NO2/c1-17-16-11-13-7-9-15(10-8-13)18-12-14-5-3-2-4-6-14/h2-11H,12H2,1H3/b16-11-. The van der Waals surface area contributed by atoms with E-state index in [1.165, 1.54) is 7.11 Å². The first-order chi connectivity index (χ1) is 8.88. The highest BCUT2D eigenvalue weighted by Crippen LogP contribution is 2.13. The van der Waals surface area contributed by atoms with Crippen LogP contribution in [0.4, 0.5) is 0 Å². The molecule has 0 fully saturated rings. The predicted octanol–water partition coefficient (Wildman–Crippen LogP) is 3.25. The third-order valence-corrected chi connectivity index (χ3v) is 2.44. The second-order valence-corrected chi connectivity index (χ2v) is 3.76. The second-order valence-electron chi connectivity index (χ2n) is 3.76. The van der Waals surface area contributed by atoms with Crippen LogP contribution in [0.3, 0.4) is 0 Å². The molecule has 0 unspecified atom stereocenters. The number of benzene rings is 2. The molecule has 0 aliphatic rings. The Hall–Kier alpha value is -2.29. The normalized spacial score (nSPS) is 10.5. The smallest absolute Gasteiger partial charge is 0.119 e. The van der Waals surface area contributed by atoms with Gasteiger partial charge in [0, 0.05) is 0 Å². The molecule has 0 saturated heterocycles. The molecule has 0 N–H and O–H groups in total. The zero-order valence-corrected chi connectivity index (χ0v) is 10.2. The number of rotatable bonds is 5. The fourth-order valence-corrected chi connectivity index (χ4v) is 1.50. The summed E-state index contributed by atoms with van der Waals surface area (Å²) in [5, 5.41) is 3.70. The van der Waals surface area contributed by atoms with Gasteiger partial charge in [-0.25, -0.2) is 0 Å². The molecule has 0 bridgehead atoms. The van der Waals surface area contributed by atoms with Crippen molar-refractivity contribution in [2.45, 2.75) is 6.61 Å². The topological polar surface area (TPSA) is 30.8 Å². The Labute approximate surface area is 107 Å². The molecule has 3 heteroatoms. The number of oxime groups is 1. The molecular weight excluding hydrogens is 226 g/mol. The highest BCUT2D eigenvalue weighted by molar-refractivity contribution is 5.79. The van der Waals surface area contributed by atoms with Crippen molar-refractivity contribution in [2.75, 3.05) is 7.11 Å². The first-order valence-electron chi connectivity index (χ1n) is 5.72. The van der Waals surface area contributed by atoms with E-state index < -0.39 is 0 Å². The van der Waals surface area contributed by atoms with Gasteiger partial charge in [-0.2, -0.15) is 0 Å². The lowest BCUT2D eigenvalue weighted by Crippen LogP contribution is -1.95. The van der Waals surface area contributed by atoms with Gasteiger partial charge in [0.2, 0.25) is 0 Å². The Morgan fingerprint density at radius 1 is 1.00 bits per heavy atom. The maximum Gasteiger partial charge on any atom is 0.119 e. The average Bonchev–Trinajstić information content (AvgIpc) is 2.45. The summed E-state index contributed by atoms with van der Waals surface area (Å²) in [6.07, 6.45) is 1.65. The van der Waals surface area contributed by atoms with Crippen LogP contribution in [0.5, 0.6) is 5.75 Å². The van der Waals surface area contributed by atoms with E-state index >= 15 is 0 Å². The summed E-state index contributed by atoms with van der Waals surface area (Å²) in [5.41, 5.74) is 2.13. The van der Waals surface area contributed by atoms with E-state index in [4.69, 9.17) is 4.74 Å². The lowest BCUT2D eigenvalue weighted by molar-refractivity contribution is 0.215. The molecule has 0 spiro atoms. The molecule has 2 aromatic rings. The first kappa shape index (κ1) is 12.2. The Kier molecular flexibility index (Phi) is 4.36. The lowest BCUT2D eigenvalue weighted by atomic mass is 10.2. The summed E-state index contributed by atoms with van der Waals surface area (Å²) in [6, 6.07) is 17.8. The maximum atomic E-state index is 5.68. The first-order valence-corrected chi connectivity index (χ1v) is 5.72. The molecule has 0 aliphatic heterocycles. The molecule has 0 heterocycles. The van der Waals surface area contributed by atoms with E-state index in [2.05, 4.69) is 9.99 Å². The van der Waals surface area contributed by atoms with Gasteiger partial charge in [-0.05, 0) is 35.4 Å². The van der Waals surface area contributed by atoms with Crippen molar-refractivity contribution in [1.29, 1.82) is 0 Å². The van der Waals surface area contributed by atoms with Crippen LogP contribution in [0.15, 0.2) is 59.8 Å². The molecule has 0 amide bonds. The van der Waals surface area contributed by atoms with Crippen LogP contribution in [-0.2, 0) is 11.4 Å². The van der Waals surface area contributed by atoms with Crippen molar-refractivity contribution in [2.24, 2.45) is 5.16 Å². The number of ether oxygens (including phenoxy) is 1. The minimum atomic E-state index is 0.576. The van der Waals surface area contributed by atoms with Crippen LogP contribution in [0.1, 0.15) is 11.1 Å². The van der Waals surface area contributed by atoms with Crippen LogP contribution in [0.2, 0.25) is 0 Å². The quantitative estimate of drug-likeness (QED) is 0.594. The molecule has 0 aromatic heterocycles. The molecule has 0 aliphatic carbocycles. The minimum absolute atomic E-state index is 0.576. The molecule has 3 nitrogen and oxygen atoms in total. The molecule has 92 valence electrons. The third-order valence-electron chi connectivity index (χ3n) is 2.44. The predicted molar refractivity (Wildman–Crippen MR) is 71.8 cm³/mol. The monoisotopic (exact) mass is 241 g/mol. The van der Waals surface area contributed by atoms with Gasteiger partial charge in [-0.15, -0.1) is 0 Å². The van der Waals surface area contributed by atoms with E-state index in [1.54, 1.807) is 6.21 Å². The third kappa shape index (κ3) is 3.63. The molecule has 18 heavy (non-hydrogen) atoms. The largest absolute Gasteiger partial charge is 0.489 e. The maximum absolute atomic E-state index is 5.68. The summed E-state index contributed by atoms with van der Waals surface area (Å²) in [4.78, 5) is 4.62. The van der Waals surface area contributed by atoms with E-state index in [0.717, 1.165) is 16.9 Å². The highest BCUT2D eigenvalue weighted by atomic mass is 16.6. The van der Waals surface area contributed by atoms with Crippen LogP contribution in [0.25, 0.3) is 0 Å². The number of nitrogens with zero attached hydrogens (tertiary/aromatic N) is 1. The summed E-state index contributed by atoms with van der Waals surface area (Å²) in [5.74, 6) is 0.841. The zero-order chi connectivity index (χ0) is 12.6.